The molecule has 0 heterocycles. The van der Waals surface area contributed by atoms with Crippen LogP contribution in [-0.2, 0) is 28.8 Å². The first-order valence-electron chi connectivity index (χ1n) is 9.84. The van der Waals surface area contributed by atoms with Crippen LogP contribution in [0.4, 0.5) is 0 Å². The van der Waals surface area contributed by atoms with E-state index in [2.05, 4.69) is 16.0 Å². The number of carboxylic acids is 2. The van der Waals surface area contributed by atoms with Gasteiger partial charge < -0.3 is 42.7 Å². The highest BCUT2D eigenvalue weighted by Gasteiger charge is 2.33. The fourth-order valence-corrected chi connectivity index (χ4v) is 2.52. The minimum absolute atomic E-state index is 0.334. The Morgan fingerprint density at radius 2 is 1.47 bits per heavy atom. The van der Waals surface area contributed by atoms with Crippen LogP contribution < -0.4 is 27.4 Å². The van der Waals surface area contributed by atoms with E-state index < -0.39 is 85.1 Å². The van der Waals surface area contributed by atoms with Crippen LogP contribution in [0.1, 0.15) is 39.5 Å². The average molecular weight is 461 g/mol. The Morgan fingerprint density at radius 3 is 1.91 bits per heavy atom. The van der Waals surface area contributed by atoms with E-state index in [0.29, 0.717) is 6.42 Å². The van der Waals surface area contributed by atoms with Crippen molar-refractivity contribution in [2.24, 2.45) is 17.4 Å². The first-order chi connectivity index (χ1) is 14.8. The van der Waals surface area contributed by atoms with Crippen LogP contribution in [0.25, 0.3) is 0 Å². The predicted octanol–water partition coefficient (Wildman–Crippen LogP) is -3.37. The van der Waals surface area contributed by atoms with Gasteiger partial charge in [-0.3, -0.25) is 24.0 Å². The molecular formula is C18H31N5O9. The lowest BCUT2D eigenvalue weighted by atomic mass is 9.97. The molecule has 0 saturated carbocycles. The molecular weight excluding hydrogens is 430 g/mol. The van der Waals surface area contributed by atoms with Crippen LogP contribution in [0.5, 0.6) is 0 Å². The lowest BCUT2D eigenvalue weighted by Gasteiger charge is -2.27. The van der Waals surface area contributed by atoms with Gasteiger partial charge in [0.2, 0.25) is 23.6 Å². The number of carbonyl (C=O) groups is 6. The van der Waals surface area contributed by atoms with E-state index in [-0.39, 0.29) is 6.42 Å². The van der Waals surface area contributed by atoms with Gasteiger partial charge in [-0.05, 0) is 12.3 Å². The van der Waals surface area contributed by atoms with Crippen LogP contribution in [0, 0.1) is 5.92 Å². The van der Waals surface area contributed by atoms with E-state index in [1.54, 1.807) is 13.8 Å². The van der Waals surface area contributed by atoms with Gasteiger partial charge in [0, 0.05) is 6.42 Å². The summed E-state index contributed by atoms with van der Waals surface area (Å²) in [5.74, 6) is -6.93. The zero-order chi connectivity index (χ0) is 25.0. The van der Waals surface area contributed by atoms with Crippen LogP contribution in [-0.4, -0.2) is 81.7 Å². The molecule has 0 aliphatic rings. The maximum Gasteiger partial charge on any atom is 0.326 e. The molecule has 0 aliphatic heterocycles. The van der Waals surface area contributed by atoms with Gasteiger partial charge in [0.1, 0.15) is 24.2 Å². The molecule has 0 rings (SSSR count). The molecule has 0 fully saturated rings. The third-order valence-electron chi connectivity index (χ3n) is 4.63. The molecule has 0 bridgehead atoms. The number of aliphatic hydroxyl groups excluding tert-OH is 1. The molecule has 182 valence electrons. The number of primary amides is 1. The fraction of sp³-hybridized carbons (Fsp3) is 0.667. The SMILES string of the molecule is CCC(C)C(NC(=O)C(CCC(=O)O)NC(=O)C(N)CO)C(=O)NC(CC(N)=O)C(=O)O. The van der Waals surface area contributed by atoms with Crippen molar-refractivity contribution in [3.63, 3.8) is 0 Å². The molecule has 0 aliphatic carbocycles. The van der Waals surface area contributed by atoms with Gasteiger partial charge in [-0.15, -0.1) is 0 Å². The Labute approximate surface area is 184 Å². The van der Waals surface area contributed by atoms with Crippen molar-refractivity contribution in [1.29, 1.82) is 0 Å². The van der Waals surface area contributed by atoms with Gasteiger partial charge in [-0.2, -0.15) is 0 Å². The number of amides is 4. The highest BCUT2D eigenvalue weighted by molar-refractivity contribution is 5.95. The molecule has 10 N–H and O–H groups in total. The molecule has 14 nitrogen and oxygen atoms in total. The van der Waals surface area contributed by atoms with Gasteiger partial charge in [-0.1, -0.05) is 20.3 Å². The summed E-state index contributed by atoms with van der Waals surface area (Å²) >= 11 is 0. The van der Waals surface area contributed by atoms with Crippen molar-refractivity contribution < 1.29 is 44.1 Å². The second-order valence-electron chi connectivity index (χ2n) is 7.22. The van der Waals surface area contributed by atoms with E-state index in [4.69, 9.17) is 26.8 Å². The third kappa shape index (κ3) is 10.2. The molecule has 0 aromatic carbocycles. The molecule has 5 atom stereocenters. The van der Waals surface area contributed by atoms with Gasteiger partial charge in [-0.25, -0.2) is 4.79 Å². The largest absolute Gasteiger partial charge is 0.481 e. The van der Waals surface area contributed by atoms with E-state index in [0.717, 1.165) is 0 Å². The highest BCUT2D eigenvalue weighted by atomic mass is 16.4. The smallest absolute Gasteiger partial charge is 0.326 e. The lowest BCUT2D eigenvalue weighted by Crippen LogP contribution is -2.59. The number of hydrogen-bond acceptors (Lipinski definition) is 8. The third-order valence-corrected chi connectivity index (χ3v) is 4.63. The molecule has 4 amide bonds. The molecule has 0 aromatic rings. The summed E-state index contributed by atoms with van der Waals surface area (Å²) in [5, 5.41) is 33.8. The number of carbonyl (C=O) groups excluding carboxylic acids is 4. The van der Waals surface area contributed by atoms with Gasteiger partial charge in [0.15, 0.2) is 0 Å². The minimum Gasteiger partial charge on any atom is -0.481 e. The molecule has 5 unspecified atom stereocenters. The molecule has 0 saturated heterocycles. The number of nitrogens with two attached hydrogens (primary N) is 2. The van der Waals surface area contributed by atoms with Gasteiger partial charge in [0.05, 0.1) is 13.0 Å². The summed E-state index contributed by atoms with van der Waals surface area (Å²) in [7, 11) is 0. The standard InChI is InChI=1S/C18H31N5O9/c1-3-8(2)14(17(30)22-11(18(31)32)6-12(20)25)23-16(29)10(4-5-13(26)27)21-15(28)9(19)7-24/h8-11,14,24H,3-7,19H2,1-2H3,(H2,20,25)(H,21,28)(H,22,30)(H,23,29)(H,26,27)(H,31,32). The number of nitrogens with one attached hydrogen (secondary N) is 3. The van der Waals surface area contributed by atoms with Crippen molar-refractivity contribution in [3.05, 3.63) is 0 Å². The molecule has 0 radical (unpaired) electrons. The second kappa shape index (κ2) is 13.9. The lowest BCUT2D eigenvalue weighted by molar-refractivity contribution is -0.144. The van der Waals surface area contributed by atoms with Crippen LogP contribution in [0.3, 0.4) is 0 Å². The Bertz CT molecular complexity index is 715. The number of rotatable bonds is 15. The van der Waals surface area contributed by atoms with Gasteiger partial charge in [0.25, 0.3) is 0 Å². The number of hydrogen-bond donors (Lipinski definition) is 8. The fourth-order valence-electron chi connectivity index (χ4n) is 2.52. The predicted molar refractivity (Wildman–Crippen MR) is 109 cm³/mol. The average Bonchev–Trinajstić information content (AvgIpc) is 2.71. The first kappa shape index (κ1) is 28.7. The maximum absolute atomic E-state index is 12.7. The maximum atomic E-state index is 12.7. The van der Waals surface area contributed by atoms with E-state index >= 15 is 0 Å². The summed E-state index contributed by atoms with van der Waals surface area (Å²) in [6.07, 6.45) is -1.11. The number of aliphatic carboxylic acids is 2. The molecule has 32 heavy (non-hydrogen) atoms. The zero-order valence-corrected chi connectivity index (χ0v) is 17.9. The van der Waals surface area contributed by atoms with Crippen molar-refractivity contribution in [3.8, 4) is 0 Å². The Kier molecular flexibility index (Phi) is 12.5. The molecule has 0 aromatic heterocycles. The molecule has 14 heteroatoms. The Balaban J connectivity index is 5.59. The normalized spacial score (nSPS) is 15.4. The van der Waals surface area contributed by atoms with E-state index in [1.165, 1.54) is 0 Å². The quantitative estimate of drug-likeness (QED) is 0.120. The van der Waals surface area contributed by atoms with E-state index in [9.17, 15) is 28.8 Å². The monoisotopic (exact) mass is 461 g/mol. The highest BCUT2D eigenvalue weighted by Crippen LogP contribution is 2.10. The zero-order valence-electron chi connectivity index (χ0n) is 17.9. The Hall–Kier alpha value is -3.26. The summed E-state index contributed by atoms with van der Waals surface area (Å²) in [6, 6.07) is -5.63. The molecule has 0 spiro atoms. The Morgan fingerprint density at radius 1 is 0.906 bits per heavy atom. The summed E-state index contributed by atoms with van der Waals surface area (Å²) in [5.41, 5.74) is 10.4. The van der Waals surface area contributed by atoms with Crippen molar-refractivity contribution in [2.75, 3.05) is 6.61 Å². The minimum atomic E-state index is -1.62. The summed E-state index contributed by atoms with van der Waals surface area (Å²) in [6.45, 7) is 2.59. The summed E-state index contributed by atoms with van der Waals surface area (Å²) in [4.78, 5) is 70.6. The second-order valence-corrected chi connectivity index (χ2v) is 7.22. The van der Waals surface area contributed by atoms with Gasteiger partial charge >= 0.3 is 11.9 Å². The van der Waals surface area contributed by atoms with E-state index in [1.807, 2.05) is 0 Å². The van der Waals surface area contributed by atoms with Crippen LogP contribution in [0.2, 0.25) is 0 Å². The van der Waals surface area contributed by atoms with Crippen molar-refractivity contribution in [2.45, 2.75) is 63.7 Å². The first-order valence-corrected chi connectivity index (χ1v) is 9.84. The topological polar surface area (TPSA) is 251 Å². The van der Waals surface area contributed by atoms with Crippen molar-refractivity contribution in [1.82, 2.24) is 16.0 Å². The van der Waals surface area contributed by atoms with Crippen molar-refractivity contribution >= 4 is 35.6 Å². The number of carboxylic acid groups (broad SMARTS) is 2. The summed E-state index contributed by atoms with van der Waals surface area (Å²) < 4.78 is 0. The number of aliphatic hydroxyl groups is 1. The van der Waals surface area contributed by atoms with Crippen LogP contribution in [0.15, 0.2) is 0 Å². The van der Waals surface area contributed by atoms with Crippen LogP contribution >= 0.6 is 0 Å².